The van der Waals surface area contributed by atoms with E-state index in [1.807, 2.05) is 31.1 Å². The third-order valence-corrected chi connectivity index (χ3v) is 8.18. The van der Waals surface area contributed by atoms with E-state index in [9.17, 15) is 13.5 Å². The summed E-state index contributed by atoms with van der Waals surface area (Å²) in [7, 11) is 0.0997. The molecule has 3 rings (SSSR count). The summed E-state index contributed by atoms with van der Waals surface area (Å²) in [6.45, 7) is 4.20. The van der Waals surface area contributed by atoms with Crippen LogP contribution in [0, 0.1) is 0 Å². The minimum Gasteiger partial charge on any atom is -0.510 e. The third-order valence-electron chi connectivity index (χ3n) is 6.58. The Kier molecular flexibility index (Phi) is 7.53. The smallest absolute Gasteiger partial charge is 0.242 e. The Morgan fingerprint density at radius 1 is 1.10 bits per heavy atom. The molecule has 0 aromatic heterocycles. The van der Waals surface area contributed by atoms with Crippen molar-refractivity contribution in [1.29, 1.82) is 0 Å². The highest BCUT2D eigenvalue weighted by atomic mass is 32.2. The number of rotatable bonds is 8. The van der Waals surface area contributed by atoms with Gasteiger partial charge in [0.05, 0.1) is 10.4 Å². The van der Waals surface area contributed by atoms with Gasteiger partial charge in [-0.3, -0.25) is 0 Å². The van der Waals surface area contributed by atoms with Gasteiger partial charge in [-0.2, -0.15) is 4.72 Å². The summed E-state index contributed by atoms with van der Waals surface area (Å²) in [5, 5.41) is 11.9. The van der Waals surface area contributed by atoms with Gasteiger partial charge >= 0.3 is 0 Å². The fourth-order valence-electron chi connectivity index (χ4n) is 4.76. The van der Waals surface area contributed by atoms with E-state index in [-0.39, 0.29) is 10.7 Å². The number of hydrogen-bond donors (Lipinski definition) is 2. The highest BCUT2D eigenvalue weighted by molar-refractivity contribution is 7.89. The lowest BCUT2D eigenvalue weighted by molar-refractivity contribution is 0.244. The number of nitrogens with one attached hydrogen (secondary N) is 1. The molecule has 5 nitrogen and oxygen atoms in total. The third kappa shape index (κ3) is 4.85. The number of allylic oxidation sites excluding steroid dienone is 3. The van der Waals surface area contributed by atoms with Crippen LogP contribution in [0.2, 0.25) is 0 Å². The Morgan fingerprint density at radius 3 is 2.32 bits per heavy atom. The molecule has 0 atom stereocenters. The molecular weight excluding hydrogens is 408 g/mol. The highest BCUT2D eigenvalue weighted by Gasteiger charge is 2.44. The van der Waals surface area contributed by atoms with E-state index >= 15 is 0 Å². The van der Waals surface area contributed by atoms with Crippen molar-refractivity contribution in [3.05, 3.63) is 41.2 Å². The minimum atomic E-state index is -3.79. The molecule has 1 aliphatic carbocycles. The SMILES string of the molecule is CCCCC1(CCCC)NS(=O)(=O)c2ccc(N(C)C)cc2C(C2=CCCCC2)=C1O. The Hall–Kier alpha value is -1.79. The second-order valence-electron chi connectivity index (χ2n) is 9.17. The number of anilines is 1. The molecule has 0 spiro atoms. The van der Waals surface area contributed by atoms with Gasteiger partial charge in [-0.05, 0) is 62.3 Å². The van der Waals surface area contributed by atoms with Crippen LogP contribution in [0.15, 0.2) is 40.5 Å². The van der Waals surface area contributed by atoms with Gasteiger partial charge in [-0.1, -0.05) is 45.6 Å². The van der Waals surface area contributed by atoms with Gasteiger partial charge < -0.3 is 10.0 Å². The van der Waals surface area contributed by atoms with Crippen molar-refractivity contribution in [2.45, 2.75) is 88.5 Å². The molecule has 1 heterocycles. The Bertz CT molecular complexity index is 953. The molecule has 0 unspecified atom stereocenters. The molecular formula is C25H38N2O3S. The first-order valence-electron chi connectivity index (χ1n) is 11.7. The number of aliphatic hydroxyl groups is 1. The van der Waals surface area contributed by atoms with Crippen molar-refractivity contribution < 1.29 is 13.5 Å². The van der Waals surface area contributed by atoms with Gasteiger partial charge in [-0.15, -0.1) is 0 Å². The van der Waals surface area contributed by atoms with Crippen LogP contribution in [-0.4, -0.2) is 33.2 Å². The van der Waals surface area contributed by atoms with Gasteiger partial charge in [0.15, 0.2) is 0 Å². The predicted octanol–water partition coefficient (Wildman–Crippen LogP) is 5.93. The molecule has 1 aliphatic heterocycles. The van der Waals surface area contributed by atoms with E-state index in [0.29, 0.717) is 18.4 Å². The van der Waals surface area contributed by atoms with Crippen LogP contribution in [-0.2, 0) is 10.0 Å². The first-order chi connectivity index (χ1) is 14.8. The van der Waals surface area contributed by atoms with Crippen molar-refractivity contribution in [3.8, 4) is 0 Å². The quantitative estimate of drug-likeness (QED) is 0.519. The molecule has 0 saturated heterocycles. The molecule has 2 aliphatic rings. The zero-order valence-corrected chi connectivity index (χ0v) is 20.3. The van der Waals surface area contributed by atoms with Crippen LogP contribution in [0.25, 0.3) is 5.57 Å². The van der Waals surface area contributed by atoms with Crippen LogP contribution in [0.5, 0.6) is 0 Å². The van der Waals surface area contributed by atoms with Crippen molar-refractivity contribution >= 4 is 21.3 Å². The van der Waals surface area contributed by atoms with E-state index in [4.69, 9.17) is 0 Å². The summed E-state index contributed by atoms with van der Waals surface area (Å²) < 4.78 is 30.2. The van der Waals surface area contributed by atoms with Crippen LogP contribution >= 0.6 is 0 Å². The van der Waals surface area contributed by atoms with Gasteiger partial charge in [-0.25, -0.2) is 8.42 Å². The largest absolute Gasteiger partial charge is 0.510 e. The second kappa shape index (κ2) is 9.78. The number of benzene rings is 1. The van der Waals surface area contributed by atoms with Crippen LogP contribution in [0.4, 0.5) is 5.69 Å². The van der Waals surface area contributed by atoms with Crippen LogP contribution < -0.4 is 9.62 Å². The average Bonchev–Trinajstić information content (AvgIpc) is 2.82. The summed E-state index contributed by atoms with van der Waals surface area (Å²) >= 11 is 0. The summed E-state index contributed by atoms with van der Waals surface area (Å²) in [5.74, 6) is 0.209. The topological polar surface area (TPSA) is 69.6 Å². The summed E-state index contributed by atoms with van der Waals surface area (Å²) in [4.78, 5) is 2.23. The van der Waals surface area contributed by atoms with Crippen molar-refractivity contribution in [3.63, 3.8) is 0 Å². The fraction of sp³-hybridized carbons (Fsp3) is 0.600. The number of sulfonamides is 1. The van der Waals surface area contributed by atoms with Crippen LogP contribution in [0.3, 0.4) is 0 Å². The van der Waals surface area contributed by atoms with E-state index in [0.717, 1.165) is 68.2 Å². The molecule has 0 saturated carbocycles. The van der Waals surface area contributed by atoms with Gasteiger partial charge in [0.1, 0.15) is 5.76 Å². The molecule has 6 heteroatoms. The van der Waals surface area contributed by atoms with Crippen molar-refractivity contribution in [2.24, 2.45) is 0 Å². The number of unbranched alkanes of at least 4 members (excludes halogenated alkanes) is 2. The summed E-state index contributed by atoms with van der Waals surface area (Å²) in [6, 6.07) is 5.46. The molecule has 0 radical (unpaired) electrons. The van der Waals surface area contributed by atoms with E-state index in [1.54, 1.807) is 6.07 Å². The van der Waals surface area contributed by atoms with Gasteiger partial charge in [0.25, 0.3) is 0 Å². The maximum atomic E-state index is 13.6. The first kappa shape index (κ1) is 23.9. The molecule has 0 fully saturated rings. The highest BCUT2D eigenvalue weighted by Crippen LogP contribution is 2.45. The van der Waals surface area contributed by atoms with Crippen LogP contribution in [0.1, 0.15) is 83.6 Å². The maximum Gasteiger partial charge on any atom is 0.242 e. The number of hydrogen-bond acceptors (Lipinski definition) is 4. The zero-order valence-electron chi connectivity index (χ0n) is 19.5. The number of fused-ring (bicyclic) bond motifs is 1. The lowest BCUT2D eigenvalue weighted by atomic mass is 9.79. The summed E-state index contributed by atoms with van der Waals surface area (Å²) in [6.07, 6.45) is 11.0. The van der Waals surface area contributed by atoms with Crippen molar-refractivity contribution in [1.82, 2.24) is 4.72 Å². The average molecular weight is 447 g/mol. The monoisotopic (exact) mass is 446 g/mol. The summed E-state index contributed by atoms with van der Waals surface area (Å²) in [5.41, 5.74) is 2.40. The number of nitrogens with zero attached hydrogens (tertiary/aromatic N) is 1. The zero-order chi connectivity index (χ0) is 22.6. The maximum absolute atomic E-state index is 13.6. The molecule has 172 valence electrons. The minimum absolute atomic E-state index is 0.209. The lowest BCUT2D eigenvalue weighted by Gasteiger charge is -2.34. The van der Waals surface area contributed by atoms with E-state index in [2.05, 4.69) is 24.6 Å². The van der Waals surface area contributed by atoms with Gasteiger partial charge in [0.2, 0.25) is 10.0 Å². The predicted molar refractivity (Wildman–Crippen MR) is 129 cm³/mol. The lowest BCUT2D eigenvalue weighted by Crippen LogP contribution is -2.49. The molecule has 0 amide bonds. The second-order valence-corrected chi connectivity index (χ2v) is 10.8. The molecule has 1 aromatic rings. The molecule has 1 aromatic carbocycles. The Labute approximate surface area is 188 Å². The van der Waals surface area contributed by atoms with Gasteiger partial charge in [0, 0.05) is 30.9 Å². The molecule has 2 N–H and O–H groups in total. The fourth-order valence-corrected chi connectivity index (χ4v) is 6.39. The van der Waals surface area contributed by atoms with E-state index in [1.165, 1.54) is 0 Å². The number of aliphatic hydroxyl groups excluding tert-OH is 1. The first-order valence-corrected chi connectivity index (χ1v) is 13.2. The Morgan fingerprint density at radius 2 is 1.77 bits per heavy atom. The Balaban J connectivity index is 2.34. The van der Waals surface area contributed by atoms with Crippen molar-refractivity contribution in [2.75, 3.05) is 19.0 Å². The normalized spacial score (nSPS) is 20.1. The standard InChI is InChI=1S/C25H38N2O3S/c1-5-7-16-25(17-8-6-2)24(28)23(19-12-10-9-11-13-19)21-18-20(27(3)4)14-15-22(21)31(29,30)26-25/h12,14-15,18,26,28H,5-11,13,16-17H2,1-4H3. The van der Waals surface area contributed by atoms with E-state index < -0.39 is 15.6 Å². The molecule has 0 bridgehead atoms. The molecule has 31 heavy (non-hydrogen) atoms.